The van der Waals surface area contributed by atoms with Gasteiger partial charge in [-0.1, -0.05) is 30.3 Å². The molecule has 3 saturated heterocycles. The first kappa shape index (κ1) is 16.2. The van der Waals surface area contributed by atoms with Gasteiger partial charge in [0.05, 0.1) is 0 Å². The average molecular weight is 360 g/mol. The Morgan fingerprint density at radius 3 is 2.70 bits per heavy atom. The van der Waals surface area contributed by atoms with Crippen molar-refractivity contribution in [1.82, 2.24) is 4.90 Å². The van der Waals surface area contributed by atoms with Crippen LogP contribution in [0.2, 0.25) is 0 Å². The smallest absolute Gasteiger partial charge is 0.139 e. The number of furan rings is 1. The molecule has 0 spiro atoms. The van der Waals surface area contributed by atoms with Gasteiger partial charge in [0.15, 0.2) is 0 Å². The summed E-state index contributed by atoms with van der Waals surface area (Å²) in [5.74, 6) is 1.63. The highest BCUT2D eigenvalue weighted by Crippen LogP contribution is 2.62. The van der Waals surface area contributed by atoms with E-state index >= 15 is 0 Å². The Kier molecular flexibility index (Phi) is 2.98. The van der Waals surface area contributed by atoms with E-state index < -0.39 is 0 Å². The zero-order chi connectivity index (χ0) is 18.6. The summed E-state index contributed by atoms with van der Waals surface area (Å²) < 4.78 is 6.54. The number of rotatable bonds is 1. The summed E-state index contributed by atoms with van der Waals surface area (Å²) in [5, 5.41) is 2.55. The van der Waals surface area contributed by atoms with E-state index in [2.05, 4.69) is 69.0 Å². The molecule has 1 saturated carbocycles. The summed E-state index contributed by atoms with van der Waals surface area (Å²) >= 11 is 0. The minimum absolute atomic E-state index is 0.235. The summed E-state index contributed by atoms with van der Waals surface area (Å²) in [5.41, 5.74) is 5.67. The predicted octanol–water partition coefficient (Wildman–Crippen LogP) is 6.04. The molecule has 140 valence electrons. The van der Waals surface area contributed by atoms with Gasteiger partial charge in [0.25, 0.3) is 0 Å². The molecule has 0 amide bonds. The van der Waals surface area contributed by atoms with E-state index in [4.69, 9.17) is 4.42 Å². The molecule has 3 aliphatic heterocycles. The van der Waals surface area contributed by atoms with E-state index in [0.29, 0.717) is 11.6 Å². The van der Waals surface area contributed by atoms with Crippen LogP contribution in [0.4, 0.5) is 0 Å². The topological polar surface area (TPSA) is 16.4 Å². The molecule has 4 unspecified atom stereocenters. The highest BCUT2D eigenvalue weighted by atomic mass is 16.3. The van der Waals surface area contributed by atoms with Crippen molar-refractivity contribution in [2.75, 3.05) is 6.54 Å². The highest BCUT2D eigenvalue weighted by molar-refractivity contribution is 6.06. The van der Waals surface area contributed by atoms with Crippen LogP contribution in [0.5, 0.6) is 0 Å². The first-order valence-corrected chi connectivity index (χ1v) is 10.6. The molecule has 1 aliphatic carbocycles. The number of hydrogen-bond donors (Lipinski definition) is 0. The molecule has 0 radical (unpaired) electrons. The molecule has 7 rings (SSSR count). The summed E-state index contributed by atoms with van der Waals surface area (Å²) in [7, 11) is 0. The molecular weight excluding hydrogens is 330 g/mol. The molecule has 4 aliphatic rings. The summed E-state index contributed by atoms with van der Waals surface area (Å²) in [6, 6.07) is 13.7. The highest BCUT2D eigenvalue weighted by Gasteiger charge is 2.62. The molecule has 1 aromatic heterocycles. The second-order valence-electron chi connectivity index (χ2n) is 10.1. The second kappa shape index (κ2) is 4.97. The lowest BCUT2D eigenvalue weighted by atomic mass is 9.49. The van der Waals surface area contributed by atoms with Gasteiger partial charge in [-0.3, -0.25) is 4.90 Å². The van der Waals surface area contributed by atoms with Crippen LogP contribution in [0.15, 0.2) is 40.8 Å². The van der Waals surface area contributed by atoms with Crippen LogP contribution < -0.4 is 0 Å². The van der Waals surface area contributed by atoms with Crippen LogP contribution in [0.1, 0.15) is 51.2 Å². The predicted molar refractivity (Wildman–Crippen MR) is 111 cm³/mol. The van der Waals surface area contributed by atoms with Crippen molar-refractivity contribution in [1.29, 1.82) is 0 Å². The van der Waals surface area contributed by atoms with Gasteiger partial charge in [0.2, 0.25) is 0 Å². The van der Waals surface area contributed by atoms with Crippen molar-refractivity contribution < 1.29 is 4.42 Å². The molecule has 2 aromatic carbocycles. The average Bonchev–Trinajstić information content (AvgIpc) is 3.01. The SMILES string of the molecule is Cc1ccc2c(oc3ccccc32)c1C12CC3CC(C1)C(C)(C)N(C3)[C@@H]2C. The first-order chi connectivity index (χ1) is 12.9. The zero-order valence-corrected chi connectivity index (χ0v) is 16.9. The molecule has 3 aromatic rings. The number of benzene rings is 2. The van der Waals surface area contributed by atoms with Crippen molar-refractivity contribution >= 4 is 21.9 Å². The molecule has 27 heavy (non-hydrogen) atoms. The minimum Gasteiger partial charge on any atom is -0.456 e. The molecule has 4 heterocycles. The lowest BCUT2D eigenvalue weighted by Crippen LogP contribution is -2.73. The zero-order valence-electron chi connectivity index (χ0n) is 16.9. The van der Waals surface area contributed by atoms with Crippen molar-refractivity contribution in [2.45, 2.75) is 64.0 Å². The first-order valence-electron chi connectivity index (χ1n) is 10.6. The van der Waals surface area contributed by atoms with E-state index in [1.165, 1.54) is 47.7 Å². The fourth-order valence-electron chi connectivity index (χ4n) is 7.25. The third-order valence-corrected chi connectivity index (χ3v) is 8.60. The van der Waals surface area contributed by atoms with Gasteiger partial charge in [-0.2, -0.15) is 0 Å². The van der Waals surface area contributed by atoms with Crippen LogP contribution in [0.3, 0.4) is 0 Å². The Morgan fingerprint density at radius 2 is 1.85 bits per heavy atom. The van der Waals surface area contributed by atoms with Crippen LogP contribution >= 0.6 is 0 Å². The van der Waals surface area contributed by atoms with Gasteiger partial charge in [-0.15, -0.1) is 0 Å². The monoisotopic (exact) mass is 359 g/mol. The van der Waals surface area contributed by atoms with E-state index in [1.54, 1.807) is 0 Å². The van der Waals surface area contributed by atoms with Crippen LogP contribution in [0.25, 0.3) is 21.9 Å². The standard InChI is InChI=1S/C25H29NO/c1-15-9-10-20-19-7-5-6-8-21(19)27-23(20)22(15)25-12-17-11-18(13-25)24(3,4)26(14-17)16(25)2/h5-10,16-18H,11-14H2,1-4H3/t16-,17?,18?,25?/m1/s1. The number of fused-ring (bicyclic) bond motifs is 3. The maximum absolute atomic E-state index is 6.54. The Balaban J connectivity index is 1.65. The molecule has 4 bridgehead atoms. The normalized spacial score (nSPS) is 36.7. The van der Waals surface area contributed by atoms with Gasteiger partial charge in [-0.25, -0.2) is 0 Å². The summed E-state index contributed by atoms with van der Waals surface area (Å²) in [6.07, 6.45) is 4.05. The Labute approximate surface area is 161 Å². The minimum atomic E-state index is 0.235. The quantitative estimate of drug-likeness (QED) is 0.526. The Hall–Kier alpha value is -1.80. The lowest BCUT2D eigenvalue weighted by Gasteiger charge is -2.69. The van der Waals surface area contributed by atoms with E-state index in [0.717, 1.165) is 23.0 Å². The van der Waals surface area contributed by atoms with Crippen molar-refractivity contribution in [2.24, 2.45) is 11.8 Å². The molecular formula is C25H29NO. The molecule has 4 fully saturated rings. The van der Waals surface area contributed by atoms with E-state index in [-0.39, 0.29) is 5.41 Å². The number of piperidine rings is 3. The van der Waals surface area contributed by atoms with E-state index in [9.17, 15) is 0 Å². The third kappa shape index (κ3) is 1.85. The lowest BCUT2D eigenvalue weighted by molar-refractivity contribution is -0.156. The molecule has 2 nitrogen and oxygen atoms in total. The summed E-state index contributed by atoms with van der Waals surface area (Å²) in [6.45, 7) is 11.0. The van der Waals surface area contributed by atoms with Gasteiger partial charge in [0, 0.05) is 39.9 Å². The number of nitrogens with zero attached hydrogens (tertiary/aromatic N) is 1. The second-order valence-corrected chi connectivity index (χ2v) is 10.1. The van der Waals surface area contributed by atoms with Gasteiger partial charge < -0.3 is 4.42 Å². The summed E-state index contributed by atoms with van der Waals surface area (Å²) in [4.78, 5) is 2.83. The molecule has 2 heteroatoms. The van der Waals surface area contributed by atoms with Crippen molar-refractivity contribution in [3.63, 3.8) is 0 Å². The maximum Gasteiger partial charge on any atom is 0.139 e. The molecule has 5 atom stereocenters. The Bertz CT molecular complexity index is 1080. The maximum atomic E-state index is 6.54. The van der Waals surface area contributed by atoms with Crippen molar-refractivity contribution in [3.8, 4) is 0 Å². The van der Waals surface area contributed by atoms with Gasteiger partial charge in [-0.05, 0) is 70.4 Å². The largest absolute Gasteiger partial charge is 0.456 e. The van der Waals surface area contributed by atoms with Gasteiger partial charge >= 0.3 is 0 Å². The number of aryl methyl sites for hydroxylation is 1. The fraction of sp³-hybridized carbons (Fsp3) is 0.520. The van der Waals surface area contributed by atoms with E-state index in [1.807, 2.05) is 0 Å². The molecule has 0 N–H and O–H groups in total. The fourth-order valence-corrected chi connectivity index (χ4v) is 7.25. The van der Waals surface area contributed by atoms with Crippen LogP contribution in [0, 0.1) is 18.8 Å². The number of para-hydroxylation sites is 1. The Morgan fingerprint density at radius 1 is 1.04 bits per heavy atom. The van der Waals surface area contributed by atoms with Crippen LogP contribution in [-0.2, 0) is 5.41 Å². The van der Waals surface area contributed by atoms with Crippen molar-refractivity contribution in [3.05, 3.63) is 47.5 Å². The van der Waals surface area contributed by atoms with Gasteiger partial charge in [0.1, 0.15) is 11.2 Å². The third-order valence-electron chi connectivity index (χ3n) is 8.60. The van der Waals surface area contributed by atoms with Crippen LogP contribution in [-0.4, -0.2) is 23.0 Å². The number of hydrogen-bond acceptors (Lipinski definition) is 2.